The molecule has 5 rings (SSSR count). The van der Waals surface area contributed by atoms with Gasteiger partial charge in [0.1, 0.15) is 29.9 Å². The Bertz CT molecular complexity index is 2010. The molecule has 0 unspecified atom stereocenters. The summed E-state index contributed by atoms with van der Waals surface area (Å²) in [7, 11) is -4.31. The molecular weight excluding hydrogens is 666 g/mol. The maximum Gasteiger partial charge on any atom is 0.264 e. The summed E-state index contributed by atoms with van der Waals surface area (Å²) in [6.07, 6.45) is 0.775. The molecular formula is C41H42FN3O5S. The van der Waals surface area contributed by atoms with E-state index in [1.54, 1.807) is 66.7 Å². The number of aryl methyl sites for hydroxylation is 1. The number of para-hydroxylation sites is 1. The number of nitrogens with one attached hydrogen (secondary N) is 1. The average Bonchev–Trinajstić information content (AvgIpc) is 3.14. The van der Waals surface area contributed by atoms with Crippen molar-refractivity contribution in [3.8, 4) is 11.5 Å². The number of carbonyl (C=O) groups excluding carboxylic acids is 2. The monoisotopic (exact) mass is 707 g/mol. The molecule has 2 amide bonds. The molecule has 1 N–H and O–H groups in total. The van der Waals surface area contributed by atoms with Gasteiger partial charge in [0.05, 0.1) is 10.6 Å². The Balaban J connectivity index is 1.57. The first-order chi connectivity index (χ1) is 24.5. The molecule has 0 radical (unpaired) electrons. The Labute approximate surface area is 299 Å². The highest BCUT2D eigenvalue weighted by atomic mass is 32.2. The molecule has 5 aromatic carbocycles. The molecule has 2 atom stereocenters. The first-order valence-electron chi connectivity index (χ1n) is 16.8. The van der Waals surface area contributed by atoms with Crippen LogP contribution in [0.2, 0.25) is 0 Å². The second-order valence-electron chi connectivity index (χ2n) is 12.4. The summed E-state index contributed by atoms with van der Waals surface area (Å²) >= 11 is 0. The first-order valence-corrected chi connectivity index (χ1v) is 18.3. The molecule has 0 aliphatic heterocycles. The minimum Gasteiger partial charge on any atom is -0.457 e. The minimum atomic E-state index is -4.31. The van der Waals surface area contributed by atoms with Gasteiger partial charge < -0.3 is 15.0 Å². The molecule has 8 nitrogen and oxygen atoms in total. The number of hydrogen-bond donors (Lipinski definition) is 1. The van der Waals surface area contributed by atoms with Crippen LogP contribution in [0, 0.1) is 12.7 Å². The third-order valence-electron chi connectivity index (χ3n) is 8.56. The van der Waals surface area contributed by atoms with Crippen LogP contribution < -0.4 is 14.4 Å². The highest BCUT2D eigenvalue weighted by Crippen LogP contribution is 2.29. The molecule has 51 heavy (non-hydrogen) atoms. The third kappa shape index (κ3) is 9.61. The second kappa shape index (κ2) is 17.0. The quantitative estimate of drug-likeness (QED) is 0.121. The number of hydrogen-bond acceptors (Lipinski definition) is 5. The Morgan fingerprint density at radius 3 is 2.00 bits per heavy atom. The van der Waals surface area contributed by atoms with Gasteiger partial charge in [0.15, 0.2) is 0 Å². The van der Waals surface area contributed by atoms with Crippen LogP contribution in [0.3, 0.4) is 0 Å². The van der Waals surface area contributed by atoms with E-state index in [1.165, 1.54) is 23.1 Å². The van der Waals surface area contributed by atoms with Gasteiger partial charge in [-0.05, 0) is 80.4 Å². The van der Waals surface area contributed by atoms with Crippen LogP contribution in [0.15, 0.2) is 138 Å². The standard InChI is InChI=1S/C41H42FN3O5S/c1-4-31(3)43-41(47)39(27-32-13-7-5-8-14-32)44(28-33-15-11-12-18-38(33)42)40(46)29-45(51(48,49)37-25-19-30(2)20-26-37)34-21-23-36(24-22-34)50-35-16-9-6-10-17-35/h5-26,31,39H,4,27-29H2,1-3H3,(H,43,47)/t31-,39+/m1/s1. The lowest BCUT2D eigenvalue weighted by Crippen LogP contribution is -2.54. The maximum atomic E-state index is 15.2. The molecule has 0 aliphatic rings. The van der Waals surface area contributed by atoms with Gasteiger partial charge in [0.25, 0.3) is 10.0 Å². The number of ether oxygens (including phenoxy) is 1. The van der Waals surface area contributed by atoms with Crippen molar-refractivity contribution < 1.29 is 27.1 Å². The summed E-state index contributed by atoms with van der Waals surface area (Å²) in [5, 5.41) is 2.99. The highest BCUT2D eigenvalue weighted by molar-refractivity contribution is 7.92. The van der Waals surface area contributed by atoms with Gasteiger partial charge in [-0.2, -0.15) is 0 Å². The first kappa shape index (κ1) is 36.8. The predicted molar refractivity (Wildman–Crippen MR) is 197 cm³/mol. The summed E-state index contributed by atoms with van der Waals surface area (Å²) in [6, 6.07) is 35.9. The third-order valence-corrected chi connectivity index (χ3v) is 10.4. The molecule has 0 spiro atoms. The van der Waals surface area contributed by atoms with E-state index in [0.717, 1.165) is 15.4 Å². The van der Waals surface area contributed by atoms with Crippen LogP contribution in [-0.2, 0) is 32.6 Å². The lowest BCUT2D eigenvalue weighted by molar-refractivity contribution is -0.140. The van der Waals surface area contributed by atoms with Gasteiger partial charge in [-0.15, -0.1) is 0 Å². The number of rotatable bonds is 15. The van der Waals surface area contributed by atoms with Crippen LogP contribution in [0.4, 0.5) is 10.1 Å². The Morgan fingerprint density at radius 1 is 0.784 bits per heavy atom. The Hall–Kier alpha value is -5.48. The summed E-state index contributed by atoms with van der Waals surface area (Å²) in [5.74, 6) is -0.579. The Morgan fingerprint density at radius 2 is 1.37 bits per heavy atom. The zero-order valence-corrected chi connectivity index (χ0v) is 29.7. The van der Waals surface area contributed by atoms with E-state index >= 15 is 4.39 Å². The maximum absolute atomic E-state index is 15.2. The van der Waals surface area contributed by atoms with Gasteiger partial charge in [-0.1, -0.05) is 91.3 Å². The molecule has 10 heteroatoms. The van der Waals surface area contributed by atoms with Gasteiger partial charge in [-0.25, -0.2) is 12.8 Å². The van der Waals surface area contributed by atoms with Gasteiger partial charge in [0.2, 0.25) is 11.8 Å². The smallest absolute Gasteiger partial charge is 0.264 e. The zero-order valence-electron chi connectivity index (χ0n) is 28.9. The van der Waals surface area contributed by atoms with Crippen LogP contribution in [0.25, 0.3) is 0 Å². The zero-order chi connectivity index (χ0) is 36.4. The van der Waals surface area contributed by atoms with E-state index in [9.17, 15) is 18.0 Å². The molecule has 0 saturated heterocycles. The van der Waals surface area contributed by atoms with E-state index in [0.29, 0.717) is 17.9 Å². The van der Waals surface area contributed by atoms with Crippen molar-refractivity contribution in [2.24, 2.45) is 0 Å². The molecule has 0 aromatic heterocycles. The van der Waals surface area contributed by atoms with Crippen molar-refractivity contribution in [2.75, 3.05) is 10.8 Å². The van der Waals surface area contributed by atoms with Crippen molar-refractivity contribution in [3.63, 3.8) is 0 Å². The van der Waals surface area contributed by atoms with Gasteiger partial charge in [-0.3, -0.25) is 13.9 Å². The fraction of sp³-hybridized carbons (Fsp3) is 0.220. The minimum absolute atomic E-state index is 0.0125. The van der Waals surface area contributed by atoms with Crippen molar-refractivity contribution in [1.29, 1.82) is 0 Å². The van der Waals surface area contributed by atoms with Crippen molar-refractivity contribution in [2.45, 2.75) is 57.1 Å². The number of amides is 2. The molecule has 0 saturated carbocycles. The molecule has 0 bridgehead atoms. The Kier molecular flexibility index (Phi) is 12.2. The van der Waals surface area contributed by atoms with Crippen LogP contribution in [0.1, 0.15) is 37.0 Å². The number of sulfonamides is 1. The summed E-state index contributed by atoms with van der Waals surface area (Å²) in [5.41, 5.74) is 2.05. The summed E-state index contributed by atoms with van der Waals surface area (Å²) < 4.78 is 50.8. The molecule has 264 valence electrons. The van der Waals surface area contributed by atoms with E-state index in [1.807, 2.05) is 69.3 Å². The van der Waals surface area contributed by atoms with Crippen molar-refractivity contribution in [1.82, 2.24) is 10.2 Å². The number of anilines is 1. The number of benzene rings is 5. The largest absolute Gasteiger partial charge is 0.457 e. The van der Waals surface area contributed by atoms with Crippen molar-refractivity contribution >= 4 is 27.5 Å². The van der Waals surface area contributed by atoms with Gasteiger partial charge in [0, 0.05) is 24.6 Å². The lowest BCUT2D eigenvalue weighted by Gasteiger charge is -2.34. The van der Waals surface area contributed by atoms with E-state index in [4.69, 9.17) is 4.74 Å². The predicted octanol–water partition coefficient (Wildman–Crippen LogP) is 7.68. The molecule has 0 fully saturated rings. The summed E-state index contributed by atoms with van der Waals surface area (Å²) in [4.78, 5) is 29.9. The van der Waals surface area contributed by atoms with Gasteiger partial charge >= 0.3 is 0 Å². The van der Waals surface area contributed by atoms with Crippen LogP contribution in [0.5, 0.6) is 11.5 Å². The normalized spacial score (nSPS) is 12.4. The van der Waals surface area contributed by atoms with Crippen molar-refractivity contribution in [3.05, 3.63) is 156 Å². The average molecular weight is 708 g/mol. The van der Waals surface area contributed by atoms with E-state index < -0.39 is 40.2 Å². The fourth-order valence-corrected chi connectivity index (χ4v) is 6.89. The molecule has 5 aromatic rings. The number of carbonyl (C=O) groups is 2. The number of halogens is 1. The molecule has 0 aliphatic carbocycles. The van der Waals surface area contributed by atoms with Crippen LogP contribution in [-0.4, -0.2) is 43.8 Å². The molecule has 0 heterocycles. The number of nitrogens with zero attached hydrogens (tertiary/aromatic N) is 2. The SMILES string of the molecule is CC[C@@H](C)NC(=O)[C@H](Cc1ccccc1)N(Cc1ccccc1F)C(=O)CN(c1ccc(Oc2ccccc2)cc1)S(=O)(=O)c1ccc(C)cc1. The second-order valence-corrected chi connectivity index (χ2v) is 14.2. The van der Waals surface area contributed by atoms with E-state index in [2.05, 4.69) is 5.32 Å². The lowest BCUT2D eigenvalue weighted by atomic mass is 10.0. The highest BCUT2D eigenvalue weighted by Gasteiger charge is 2.35. The van der Waals surface area contributed by atoms with E-state index in [-0.39, 0.29) is 35.2 Å². The topological polar surface area (TPSA) is 96.0 Å². The van der Waals surface area contributed by atoms with Crippen LogP contribution >= 0.6 is 0 Å². The fourth-order valence-electron chi connectivity index (χ4n) is 5.48. The summed E-state index contributed by atoms with van der Waals surface area (Å²) in [6.45, 7) is 4.72.